The lowest BCUT2D eigenvalue weighted by atomic mass is 10.2. The third-order valence-corrected chi connectivity index (χ3v) is 6.15. The Hall–Kier alpha value is -2.58. The average Bonchev–Trinajstić information content (AvgIpc) is 3.28. The van der Waals surface area contributed by atoms with Crippen molar-refractivity contribution in [2.45, 2.75) is 18.3 Å². The molecule has 0 spiro atoms. The van der Waals surface area contributed by atoms with Crippen LogP contribution in [0.3, 0.4) is 0 Å². The Morgan fingerprint density at radius 1 is 0.938 bits per heavy atom. The fourth-order valence-corrected chi connectivity index (χ4v) is 4.27. The van der Waals surface area contributed by atoms with Crippen LogP contribution < -0.4 is 10.1 Å². The fourth-order valence-electron chi connectivity index (χ4n) is 3.02. The summed E-state index contributed by atoms with van der Waals surface area (Å²) in [5.74, 6) is 1.66. The van der Waals surface area contributed by atoms with Crippen molar-refractivity contribution in [1.82, 2.24) is 25.5 Å². The van der Waals surface area contributed by atoms with Gasteiger partial charge in [-0.1, -0.05) is 77.4 Å². The van der Waals surface area contributed by atoms with E-state index in [2.05, 4.69) is 26.9 Å². The van der Waals surface area contributed by atoms with Crippen LogP contribution in [0.15, 0.2) is 78.0 Å². The van der Waals surface area contributed by atoms with E-state index in [4.69, 9.17) is 27.9 Å². The summed E-state index contributed by atoms with van der Waals surface area (Å²) < 4.78 is 7.77. The largest absolute Gasteiger partial charge is 0.489 e. The Kier molecular flexibility index (Phi) is 8.01. The van der Waals surface area contributed by atoms with Gasteiger partial charge in [-0.2, -0.15) is 4.68 Å². The van der Waals surface area contributed by atoms with E-state index >= 15 is 0 Å². The number of ether oxygens (including phenoxy) is 1. The molecule has 0 fully saturated rings. The van der Waals surface area contributed by atoms with Gasteiger partial charge in [-0.15, -0.1) is 5.10 Å². The van der Waals surface area contributed by atoms with Gasteiger partial charge >= 0.3 is 0 Å². The third-order valence-electron chi connectivity index (χ3n) is 4.64. The van der Waals surface area contributed by atoms with E-state index in [1.807, 2.05) is 60.7 Å². The summed E-state index contributed by atoms with van der Waals surface area (Å²) in [6.45, 7) is 1.86. The standard InChI is InChI=1S/C23H21Cl2N5OS/c24-19-11-10-18(21(25)14-19)16-31-22-9-5-4-6-17(22)15-26-12-13-32-23-27-28-29-30(23)20-7-2-1-3-8-20/h1-11,14,26H,12-13,15-16H2. The van der Waals surface area contributed by atoms with E-state index in [9.17, 15) is 0 Å². The molecule has 0 radical (unpaired) electrons. The lowest BCUT2D eigenvalue weighted by Crippen LogP contribution is -2.17. The SMILES string of the molecule is Clc1ccc(COc2ccccc2CNCCSc2nnnn2-c2ccccc2)c(Cl)c1. The second-order valence-corrected chi connectivity index (χ2v) is 8.77. The number of benzene rings is 3. The molecule has 3 aromatic carbocycles. The van der Waals surface area contributed by atoms with Crippen LogP contribution in [0.4, 0.5) is 0 Å². The molecule has 0 unspecified atom stereocenters. The molecule has 0 amide bonds. The van der Waals surface area contributed by atoms with E-state index in [0.717, 1.165) is 40.0 Å². The van der Waals surface area contributed by atoms with Gasteiger partial charge in [-0.25, -0.2) is 0 Å². The minimum absolute atomic E-state index is 0.380. The first-order chi connectivity index (χ1) is 15.7. The van der Waals surface area contributed by atoms with Crippen LogP contribution >= 0.6 is 35.0 Å². The summed E-state index contributed by atoms with van der Waals surface area (Å²) in [5.41, 5.74) is 2.92. The zero-order valence-electron chi connectivity index (χ0n) is 17.1. The van der Waals surface area contributed by atoms with Crippen LogP contribution in [0.2, 0.25) is 10.0 Å². The Morgan fingerprint density at radius 3 is 2.59 bits per heavy atom. The quantitative estimate of drug-likeness (QED) is 0.238. The molecule has 164 valence electrons. The molecule has 0 aliphatic carbocycles. The van der Waals surface area contributed by atoms with Crippen molar-refractivity contribution in [3.63, 3.8) is 0 Å². The van der Waals surface area contributed by atoms with Crippen molar-refractivity contribution in [2.24, 2.45) is 0 Å². The fraction of sp³-hybridized carbons (Fsp3) is 0.174. The van der Waals surface area contributed by atoms with Crippen LogP contribution in [-0.2, 0) is 13.2 Å². The highest BCUT2D eigenvalue weighted by molar-refractivity contribution is 7.99. The maximum absolute atomic E-state index is 6.25. The summed E-state index contributed by atoms with van der Waals surface area (Å²) in [5, 5.41) is 17.4. The number of hydrogen-bond donors (Lipinski definition) is 1. The smallest absolute Gasteiger partial charge is 0.214 e. The number of hydrogen-bond acceptors (Lipinski definition) is 6. The van der Waals surface area contributed by atoms with Gasteiger partial charge in [0, 0.05) is 40.0 Å². The topological polar surface area (TPSA) is 64.9 Å². The molecular weight excluding hydrogens is 465 g/mol. The first-order valence-electron chi connectivity index (χ1n) is 10.0. The molecule has 6 nitrogen and oxygen atoms in total. The number of tetrazole rings is 1. The molecule has 4 aromatic rings. The second-order valence-electron chi connectivity index (χ2n) is 6.87. The van der Waals surface area contributed by atoms with E-state index in [-0.39, 0.29) is 0 Å². The Balaban J connectivity index is 1.27. The van der Waals surface area contributed by atoms with E-state index in [1.54, 1.807) is 22.5 Å². The van der Waals surface area contributed by atoms with Crippen LogP contribution in [0.1, 0.15) is 11.1 Å². The molecule has 1 N–H and O–H groups in total. The van der Waals surface area contributed by atoms with Crippen molar-refractivity contribution in [2.75, 3.05) is 12.3 Å². The third kappa shape index (κ3) is 6.01. The molecule has 9 heteroatoms. The van der Waals surface area contributed by atoms with Crippen LogP contribution in [0.25, 0.3) is 5.69 Å². The number of aromatic nitrogens is 4. The number of para-hydroxylation sites is 2. The number of nitrogens with one attached hydrogen (secondary N) is 1. The van der Waals surface area contributed by atoms with Crippen LogP contribution in [0, 0.1) is 0 Å². The van der Waals surface area contributed by atoms with Gasteiger partial charge in [0.2, 0.25) is 5.16 Å². The van der Waals surface area contributed by atoms with Gasteiger partial charge in [0.1, 0.15) is 12.4 Å². The number of halogens is 2. The maximum Gasteiger partial charge on any atom is 0.214 e. The summed E-state index contributed by atoms with van der Waals surface area (Å²) >= 11 is 13.8. The van der Waals surface area contributed by atoms with Crippen LogP contribution in [0.5, 0.6) is 5.75 Å². The van der Waals surface area contributed by atoms with Crippen LogP contribution in [-0.4, -0.2) is 32.5 Å². The Morgan fingerprint density at radius 2 is 1.75 bits per heavy atom. The van der Waals surface area contributed by atoms with E-state index in [1.165, 1.54) is 0 Å². The molecule has 1 aromatic heterocycles. The number of thioether (sulfide) groups is 1. The number of rotatable bonds is 10. The molecule has 4 rings (SSSR count). The van der Waals surface area contributed by atoms with Crippen molar-refractivity contribution < 1.29 is 4.74 Å². The predicted molar refractivity (Wildman–Crippen MR) is 129 cm³/mol. The molecular formula is C23H21Cl2N5OS. The second kappa shape index (κ2) is 11.3. The molecule has 1 heterocycles. The Bertz CT molecular complexity index is 1160. The predicted octanol–water partition coefficient (Wildman–Crippen LogP) is 5.43. The van der Waals surface area contributed by atoms with E-state index in [0.29, 0.717) is 23.2 Å². The molecule has 0 aliphatic heterocycles. The zero-order valence-corrected chi connectivity index (χ0v) is 19.4. The maximum atomic E-state index is 6.25. The van der Waals surface area contributed by atoms with Crippen molar-refractivity contribution >= 4 is 35.0 Å². The first-order valence-corrected chi connectivity index (χ1v) is 11.8. The normalized spacial score (nSPS) is 10.9. The summed E-state index contributed by atoms with van der Waals surface area (Å²) in [6, 6.07) is 23.2. The number of nitrogens with zero attached hydrogens (tertiary/aromatic N) is 4. The zero-order chi connectivity index (χ0) is 22.2. The van der Waals surface area contributed by atoms with Gasteiger partial charge in [0.05, 0.1) is 5.69 Å². The van der Waals surface area contributed by atoms with Crippen molar-refractivity contribution in [1.29, 1.82) is 0 Å². The molecule has 0 bridgehead atoms. The van der Waals surface area contributed by atoms with Gasteiger partial charge < -0.3 is 10.1 Å². The molecule has 0 saturated heterocycles. The monoisotopic (exact) mass is 485 g/mol. The summed E-state index contributed by atoms with van der Waals surface area (Å²) in [4.78, 5) is 0. The summed E-state index contributed by atoms with van der Waals surface area (Å²) in [6.07, 6.45) is 0. The van der Waals surface area contributed by atoms with Gasteiger partial charge in [0.15, 0.2) is 0 Å². The highest BCUT2D eigenvalue weighted by Crippen LogP contribution is 2.24. The lowest BCUT2D eigenvalue weighted by molar-refractivity contribution is 0.302. The molecule has 32 heavy (non-hydrogen) atoms. The lowest BCUT2D eigenvalue weighted by Gasteiger charge is -2.13. The van der Waals surface area contributed by atoms with Crippen molar-refractivity contribution in [3.8, 4) is 11.4 Å². The minimum atomic E-state index is 0.380. The highest BCUT2D eigenvalue weighted by Gasteiger charge is 2.09. The average molecular weight is 486 g/mol. The molecule has 0 atom stereocenters. The van der Waals surface area contributed by atoms with Gasteiger partial charge in [-0.3, -0.25) is 0 Å². The van der Waals surface area contributed by atoms with E-state index < -0.39 is 0 Å². The molecule has 0 aliphatic rings. The Labute approximate surface area is 200 Å². The van der Waals surface area contributed by atoms with Gasteiger partial charge in [0.25, 0.3) is 0 Å². The highest BCUT2D eigenvalue weighted by atomic mass is 35.5. The summed E-state index contributed by atoms with van der Waals surface area (Å²) in [7, 11) is 0. The van der Waals surface area contributed by atoms with Crippen molar-refractivity contribution in [3.05, 3.63) is 94.0 Å². The van der Waals surface area contributed by atoms with Gasteiger partial charge in [-0.05, 0) is 40.8 Å². The minimum Gasteiger partial charge on any atom is -0.489 e. The first kappa shape index (κ1) is 22.6. The molecule has 0 saturated carbocycles.